The molecule has 5 nitrogen and oxygen atoms in total. The Morgan fingerprint density at radius 1 is 1.40 bits per heavy atom. The van der Waals surface area contributed by atoms with Crippen molar-refractivity contribution in [2.75, 3.05) is 18.5 Å². The van der Waals surface area contributed by atoms with Gasteiger partial charge in [-0.25, -0.2) is 9.97 Å². The smallest absolute Gasteiger partial charge is 0.305 e. The molecule has 0 aliphatic carbocycles. The van der Waals surface area contributed by atoms with Gasteiger partial charge in [-0.05, 0) is 20.3 Å². The van der Waals surface area contributed by atoms with Crippen LogP contribution in [0.5, 0.6) is 0 Å². The third kappa shape index (κ3) is 4.96. The summed E-state index contributed by atoms with van der Waals surface area (Å²) in [5, 5.41) is 3.67. The minimum Gasteiger partial charge on any atom is -0.466 e. The summed E-state index contributed by atoms with van der Waals surface area (Å²) < 4.78 is 4.87. The zero-order valence-corrected chi connectivity index (χ0v) is 13.3. The average molecular weight is 300 g/mol. The number of rotatable bonds is 7. The van der Waals surface area contributed by atoms with Crippen LogP contribution in [0.3, 0.4) is 0 Å². The molecule has 0 aliphatic heterocycles. The average Bonchev–Trinajstić information content (AvgIpc) is 2.39. The fraction of sp³-hybridized carbons (Fsp3) is 0.643. The topological polar surface area (TPSA) is 64.1 Å². The van der Waals surface area contributed by atoms with Crippen molar-refractivity contribution in [3.05, 3.63) is 16.5 Å². The van der Waals surface area contributed by atoms with E-state index >= 15 is 0 Å². The van der Waals surface area contributed by atoms with Crippen LogP contribution in [0.15, 0.2) is 0 Å². The standard InChI is InChI=1S/C14H22ClN3O2/c1-5-20-11(19)7-6-8-16-14-10(4)12(15)17-13(18-14)9(2)3/h9H,5-8H2,1-4H3,(H,16,17,18). The van der Waals surface area contributed by atoms with Crippen molar-refractivity contribution in [3.8, 4) is 0 Å². The van der Waals surface area contributed by atoms with Gasteiger partial charge in [-0.3, -0.25) is 4.79 Å². The van der Waals surface area contributed by atoms with E-state index < -0.39 is 0 Å². The lowest BCUT2D eigenvalue weighted by molar-refractivity contribution is -0.143. The molecule has 112 valence electrons. The summed E-state index contributed by atoms with van der Waals surface area (Å²) in [5.41, 5.74) is 0.826. The van der Waals surface area contributed by atoms with Gasteiger partial charge in [0.1, 0.15) is 16.8 Å². The monoisotopic (exact) mass is 299 g/mol. The van der Waals surface area contributed by atoms with Crippen LogP contribution in [0.4, 0.5) is 5.82 Å². The first-order chi connectivity index (χ1) is 9.45. The number of ether oxygens (including phenoxy) is 1. The van der Waals surface area contributed by atoms with Crippen LogP contribution in [0, 0.1) is 6.92 Å². The molecule has 0 saturated heterocycles. The van der Waals surface area contributed by atoms with Gasteiger partial charge in [0, 0.05) is 24.4 Å². The molecule has 0 saturated carbocycles. The molecule has 1 heterocycles. The highest BCUT2D eigenvalue weighted by Crippen LogP contribution is 2.22. The number of esters is 1. The number of aromatic nitrogens is 2. The molecule has 0 atom stereocenters. The quantitative estimate of drug-likeness (QED) is 0.475. The predicted molar refractivity (Wildman–Crippen MR) is 80.2 cm³/mol. The third-order valence-electron chi connectivity index (χ3n) is 2.78. The van der Waals surface area contributed by atoms with E-state index in [0.29, 0.717) is 37.0 Å². The van der Waals surface area contributed by atoms with Crippen molar-refractivity contribution < 1.29 is 9.53 Å². The van der Waals surface area contributed by atoms with Gasteiger partial charge in [-0.15, -0.1) is 0 Å². The van der Waals surface area contributed by atoms with E-state index in [9.17, 15) is 4.79 Å². The Bertz CT molecular complexity index is 464. The van der Waals surface area contributed by atoms with Crippen molar-refractivity contribution >= 4 is 23.4 Å². The summed E-state index contributed by atoms with van der Waals surface area (Å²) in [7, 11) is 0. The Hall–Kier alpha value is -1.36. The molecule has 1 aromatic heterocycles. The Labute approximate surface area is 125 Å². The summed E-state index contributed by atoms with van der Waals surface area (Å²) in [6.45, 7) is 8.78. The summed E-state index contributed by atoms with van der Waals surface area (Å²) in [4.78, 5) is 19.9. The van der Waals surface area contributed by atoms with Crippen LogP contribution in [0.2, 0.25) is 5.15 Å². The molecule has 0 aliphatic rings. The first-order valence-corrected chi connectivity index (χ1v) is 7.27. The molecular formula is C14H22ClN3O2. The molecule has 1 aromatic rings. The molecule has 0 fully saturated rings. The fourth-order valence-electron chi connectivity index (χ4n) is 1.61. The number of nitrogens with zero attached hydrogens (tertiary/aromatic N) is 2. The second-order valence-corrected chi connectivity index (χ2v) is 5.19. The van der Waals surface area contributed by atoms with Gasteiger partial charge >= 0.3 is 5.97 Å². The number of hydrogen-bond acceptors (Lipinski definition) is 5. The fourth-order valence-corrected chi connectivity index (χ4v) is 1.78. The molecule has 20 heavy (non-hydrogen) atoms. The van der Waals surface area contributed by atoms with Crippen molar-refractivity contribution in [2.24, 2.45) is 0 Å². The Kier molecular flexibility index (Phi) is 6.71. The number of nitrogens with one attached hydrogen (secondary N) is 1. The van der Waals surface area contributed by atoms with Crippen molar-refractivity contribution in [1.29, 1.82) is 0 Å². The van der Waals surface area contributed by atoms with Crippen molar-refractivity contribution in [1.82, 2.24) is 9.97 Å². The molecule has 1 N–H and O–H groups in total. The third-order valence-corrected chi connectivity index (χ3v) is 3.14. The zero-order chi connectivity index (χ0) is 15.1. The van der Waals surface area contributed by atoms with Gasteiger partial charge in [-0.2, -0.15) is 0 Å². The van der Waals surface area contributed by atoms with Crippen molar-refractivity contribution in [2.45, 2.75) is 46.5 Å². The number of halogens is 1. The van der Waals surface area contributed by atoms with E-state index in [-0.39, 0.29) is 11.9 Å². The molecule has 1 rings (SSSR count). The summed E-state index contributed by atoms with van der Waals surface area (Å²) in [6, 6.07) is 0. The lowest BCUT2D eigenvalue weighted by atomic mass is 10.2. The minimum atomic E-state index is -0.172. The maximum atomic E-state index is 11.2. The van der Waals surface area contributed by atoms with E-state index in [1.165, 1.54) is 0 Å². The van der Waals surface area contributed by atoms with E-state index in [0.717, 1.165) is 11.4 Å². The maximum absolute atomic E-state index is 11.2. The molecule has 6 heteroatoms. The van der Waals surface area contributed by atoms with Crippen molar-refractivity contribution in [3.63, 3.8) is 0 Å². The highest BCUT2D eigenvalue weighted by Gasteiger charge is 2.11. The first-order valence-electron chi connectivity index (χ1n) is 6.89. The zero-order valence-electron chi connectivity index (χ0n) is 12.5. The van der Waals surface area contributed by atoms with E-state index in [4.69, 9.17) is 16.3 Å². The Morgan fingerprint density at radius 2 is 2.10 bits per heavy atom. The number of anilines is 1. The summed E-state index contributed by atoms with van der Waals surface area (Å²) >= 11 is 6.10. The highest BCUT2D eigenvalue weighted by atomic mass is 35.5. The van der Waals surface area contributed by atoms with E-state index in [1.54, 1.807) is 6.92 Å². The summed E-state index contributed by atoms with van der Waals surface area (Å²) in [6.07, 6.45) is 1.09. The van der Waals surface area contributed by atoms with Crippen LogP contribution >= 0.6 is 11.6 Å². The van der Waals surface area contributed by atoms with Gasteiger partial charge in [0.2, 0.25) is 0 Å². The lowest BCUT2D eigenvalue weighted by Crippen LogP contribution is -2.11. The molecular weight excluding hydrogens is 278 g/mol. The van der Waals surface area contributed by atoms with Gasteiger partial charge in [0.15, 0.2) is 0 Å². The van der Waals surface area contributed by atoms with Crippen LogP contribution in [-0.4, -0.2) is 29.1 Å². The van der Waals surface area contributed by atoms with Crippen LogP contribution < -0.4 is 5.32 Å². The largest absolute Gasteiger partial charge is 0.466 e. The van der Waals surface area contributed by atoms with Crippen LogP contribution in [0.25, 0.3) is 0 Å². The maximum Gasteiger partial charge on any atom is 0.305 e. The van der Waals surface area contributed by atoms with Crippen LogP contribution in [-0.2, 0) is 9.53 Å². The number of carbonyl (C=O) groups excluding carboxylic acids is 1. The summed E-state index contributed by atoms with van der Waals surface area (Å²) in [5.74, 6) is 1.49. The predicted octanol–water partition coefficient (Wildman–Crippen LogP) is 3.32. The molecule has 0 unspecified atom stereocenters. The first kappa shape index (κ1) is 16.7. The molecule has 0 bridgehead atoms. The van der Waals surface area contributed by atoms with Crippen LogP contribution in [0.1, 0.15) is 50.9 Å². The van der Waals surface area contributed by atoms with E-state index in [2.05, 4.69) is 15.3 Å². The Balaban J connectivity index is 2.57. The number of carbonyl (C=O) groups is 1. The Morgan fingerprint density at radius 3 is 2.70 bits per heavy atom. The van der Waals surface area contributed by atoms with Gasteiger partial charge < -0.3 is 10.1 Å². The SMILES string of the molecule is CCOC(=O)CCCNc1nc(C(C)C)nc(Cl)c1C. The van der Waals surface area contributed by atoms with Gasteiger partial charge in [0.05, 0.1) is 6.61 Å². The highest BCUT2D eigenvalue weighted by molar-refractivity contribution is 6.30. The van der Waals surface area contributed by atoms with Gasteiger partial charge in [-0.1, -0.05) is 25.4 Å². The molecule has 0 amide bonds. The second kappa shape index (κ2) is 8.04. The second-order valence-electron chi connectivity index (χ2n) is 4.84. The normalized spacial score (nSPS) is 10.7. The molecule has 0 spiro atoms. The number of hydrogen-bond donors (Lipinski definition) is 1. The molecule has 0 aromatic carbocycles. The molecule has 0 radical (unpaired) electrons. The van der Waals surface area contributed by atoms with Gasteiger partial charge in [0.25, 0.3) is 0 Å². The lowest BCUT2D eigenvalue weighted by Gasteiger charge is -2.12. The van der Waals surface area contributed by atoms with E-state index in [1.807, 2.05) is 20.8 Å². The minimum absolute atomic E-state index is 0.172.